The van der Waals surface area contributed by atoms with Crippen LogP contribution in [0.5, 0.6) is 0 Å². The normalized spacial score (nSPS) is 11.6. The van der Waals surface area contributed by atoms with Crippen LogP contribution in [0.2, 0.25) is 0 Å². The fourth-order valence-corrected chi connectivity index (χ4v) is 1.66. The van der Waals surface area contributed by atoms with Gasteiger partial charge in [0, 0.05) is 25.2 Å². The van der Waals surface area contributed by atoms with Crippen molar-refractivity contribution >= 4 is 18.3 Å². The van der Waals surface area contributed by atoms with Crippen molar-refractivity contribution in [3.63, 3.8) is 0 Å². The van der Waals surface area contributed by atoms with Crippen LogP contribution >= 0.6 is 12.4 Å². The molecule has 1 atom stereocenters. The number of likely N-dealkylation sites (N-methyl/N-ethyl adjacent to an activating group) is 1. The summed E-state index contributed by atoms with van der Waals surface area (Å²) in [4.78, 5) is 13.8. The van der Waals surface area contributed by atoms with Gasteiger partial charge < -0.3 is 10.6 Å². The number of hydrogen-bond acceptors (Lipinski definition) is 2. The van der Waals surface area contributed by atoms with E-state index in [-0.39, 0.29) is 24.4 Å². The van der Waals surface area contributed by atoms with Crippen molar-refractivity contribution in [1.82, 2.24) is 4.90 Å². The van der Waals surface area contributed by atoms with E-state index in [0.29, 0.717) is 6.54 Å². The Morgan fingerprint density at radius 2 is 1.89 bits per heavy atom. The number of carbonyl (C=O) groups is 1. The monoisotopic (exact) mass is 270 g/mol. The van der Waals surface area contributed by atoms with Gasteiger partial charge in [0.25, 0.3) is 5.91 Å². The van der Waals surface area contributed by atoms with Crippen molar-refractivity contribution in [3.8, 4) is 0 Å². The number of halogens is 1. The van der Waals surface area contributed by atoms with Crippen LogP contribution in [0.3, 0.4) is 0 Å². The molecule has 1 unspecified atom stereocenters. The molecule has 1 aromatic rings. The van der Waals surface area contributed by atoms with E-state index in [1.807, 2.05) is 31.2 Å². The van der Waals surface area contributed by atoms with E-state index in [2.05, 4.69) is 6.92 Å². The van der Waals surface area contributed by atoms with Crippen molar-refractivity contribution < 1.29 is 4.79 Å². The van der Waals surface area contributed by atoms with Gasteiger partial charge in [0.05, 0.1) is 0 Å². The molecule has 0 aromatic heterocycles. The Morgan fingerprint density at radius 1 is 1.33 bits per heavy atom. The van der Waals surface area contributed by atoms with Crippen LogP contribution in [0.4, 0.5) is 0 Å². The molecule has 0 fully saturated rings. The van der Waals surface area contributed by atoms with Crippen molar-refractivity contribution in [1.29, 1.82) is 0 Å². The molecule has 2 N–H and O–H groups in total. The third kappa shape index (κ3) is 4.31. The second-order valence-corrected chi connectivity index (χ2v) is 4.45. The Labute approximate surface area is 116 Å². The minimum Gasteiger partial charge on any atom is -0.338 e. The molecule has 4 heteroatoms. The molecule has 1 aromatic carbocycles. The van der Waals surface area contributed by atoms with Gasteiger partial charge in [-0.05, 0) is 31.0 Å². The van der Waals surface area contributed by atoms with Crippen LogP contribution in [-0.2, 0) is 6.42 Å². The molecule has 102 valence electrons. The second-order valence-electron chi connectivity index (χ2n) is 4.45. The largest absolute Gasteiger partial charge is 0.338 e. The van der Waals surface area contributed by atoms with Crippen molar-refractivity contribution in [2.45, 2.75) is 32.7 Å². The number of benzene rings is 1. The minimum absolute atomic E-state index is 0. The lowest BCUT2D eigenvalue weighted by atomic mass is 10.1. The highest BCUT2D eigenvalue weighted by Gasteiger charge is 2.15. The van der Waals surface area contributed by atoms with Crippen LogP contribution < -0.4 is 5.73 Å². The number of nitrogens with zero attached hydrogens (tertiary/aromatic N) is 1. The zero-order valence-electron chi connectivity index (χ0n) is 11.3. The van der Waals surface area contributed by atoms with Crippen LogP contribution in [0.15, 0.2) is 24.3 Å². The first-order valence-corrected chi connectivity index (χ1v) is 6.16. The summed E-state index contributed by atoms with van der Waals surface area (Å²) in [5, 5.41) is 0. The number of carbonyl (C=O) groups excluding carboxylic acids is 1. The maximum atomic E-state index is 12.1. The van der Waals surface area contributed by atoms with E-state index >= 15 is 0 Å². The van der Waals surface area contributed by atoms with Crippen LogP contribution in [0.25, 0.3) is 0 Å². The van der Waals surface area contributed by atoms with Gasteiger partial charge >= 0.3 is 0 Å². The van der Waals surface area contributed by atoms with E-state index in [1.54, 1.807) is 11.9 Å². The van der Waals surface area contributed by atoms with Crippen LogP contribution in [-0.4, -0.2) is 30.4 Å². The van der Waals surface area contributed by atoms with E-state index in [0.717, 1.165) is 18.4 Å². The molecule has 1 rings (SSSR count). The van der Waals surface area contributed by atoms with E-state index < -0.39 is 0 Å². The molecule has 0 saturated carbocycles. The predicted octanol–water partition coefficient (Wildman–Crippen LogP) is 2.48. The molecule has 0 aliphatic carbocycles. The predicted molar refractivity (Wildman–Crippen MR) is 78.3 cm³/mol. The van der Waals surface area contributed by atoms with Crippen LogP contribution in [0, 0.1) is 0 Å². The third-order valence-corrected chi connectivity index (χ3v) is 3.06. The van der Waals surface area contributed by atoms with Crippen molar-refractivity contribution in [3.05, 3.63) is 35.4 Å². The standard InChI is InChI=1S/C14H22N2O.ClH/c1-4-5-12-6-8-13(9-7-12)14(17)16(3)11(2)10-15;/h6-9,11H,4-5,10,15H2,1-3H3;1H. The molecular formula is C14H23ClN2O. The second kappa shape index (κ2) is 8.11. The Morgan fingerprint density at radius 3 is 2.33 bits per heavy atom. The third-order valence-electron chi connectivity index (χ3n) is 3.06. The smallest absolute Gasteiger partial charge is 0.253 e. The molecule has 0 spiro atoms. The van der Waals surface area contributed by atoms with Gasteiger partial charge in [-0.2, -0.15) is 0 Å². The number of hydrogen-bond donors (Lipinski definition) is 1. The molecule has 0 aliphatic rings. The fraction of sp³-hybridized carbons (Fsp3) is 0.500. The highest BCUT2D eigenvalue weighted by atomic mass is 35.5. The average Bonchev–Trinajstić information content (AvgIpc) is 2.37. The SMILES string of the molecule is CCCc1ccc(C(=O)N(C)C(C)CN)cc1.Cl. The molecule has 0 radical (unpaired) electrons. The van der Waals surface area contributed by atoms with Gasteiger partial charge in [-0.3, -0.25) is 4.79 Å². The van der Waals surface area contributed by atoms with Gasteiger partial charge in [-0.15, -0.1) is 12.4 Å². The lowest BCUT2D eigenvalue weighted by molar-refractivity contribution is 0.0748. The highest BCUT2D eigenvalue weighted by Crippen LogP contribution is 2.10. The summed E-state index contributed by atoms with van der Waals surface area (Å²) in [6.45, 7) is 4.58. The number of amides is 1. The molecule has 1 amide bonds. The van der Waals surface area contributed by atoms with Crippen LogP contribution in [0.1, 0.15) is 36.2 Å². The minimum atomic E-state index is 0. The molecular weight excluding hydrogens is 248 g/mol. The zero-order valence-corrected chi connectivity index (χ0v) is 12.2. The molecule has 0 aliphatic heterocycles. The molecule has 0 saturated heterocycles. The summed E-state index contributed by atoms with van der Waals surface area (Å²) in [5.74, 6) is 0.0333. The Hall–Kier alpha value is -1.06. The first-order chi connectivity index (χ1) is 8.10. The number of rotatable bonds is 5. The zero-order chi connectivity index (χ0) is 12.8. The summed E-state index contributed by atoms with van der Waals surface area (Å²) >= 11 is 0. The quantitative estimate of drug-likeness (QED) is 0.894. The average molecular weight is 271 g/mol. The summed E-state index contributed by atoms with van der Waals surface area (Å²) in [7, 11) is 1.79. The van der Waals surface area contributed by atoms with E-state index in [4.69, 9.17) is 5.73 Å². The summed E-state index contributed by atoms with van der Waals surface area (Å²) < 4.78 is 0. The molecule has 18 heavy (non-hydrogen) atoms. The lowest BCUT2D eigenvalue weighted by Gasteiger charge is -2.23. The van der Waals surface area contributed by atoms with Crippen molar-refractivity contribution in [2.75, 3.05) is 13.6 Å². The van der Waals surface area contributed by atoms with E-state index in [9.17, 15) is 4.79 Å². The summed E-state index contributed by atoms with van der Waals surface area (Å²) in [6, 6.07) is 7.91. The first-order valence-electron chi connectivity index (χ1n) is 6.16. The van der Waals surface area contributed by atoms with Gasteiger partial charge in [0.2, 0.25) is 0 Å². The molecule has 3 nitrogen and oxygen atoms in total. The highest BCUT2D eigenvalue weighted by molar-refractivity contribution is 5.94. The summed E-state index contributed by atoms with van der Waals surface area (Å²) in [5.41, 5.74) is 7.56. The van der Waals surface area contributed by atoms with Gasteiger partial charge in [-0.1, -0.05) is 25.5 Å². The molecule has 0 bridgehead atoms. The van der Waals surface area contributed by atoms with Gasteiger partial charge in [-0.25, -0.2) is 0 Å². The lowest BCUT2D eigenvalue weighted by Crippen LogP contribution is -2.39. The Kier molecular flexibility index (Phi) is 7.64. The van der Waals surface area contributed by atoms with E-state index in [1.165, 1.54) is 5.56 Å². The maximum absolute atomic E-state index is 12.1. The molecule has 0 heterocycles. The number of nitrogens with two attached hydrogens (primary N) is 1. The first kappa shape index (κ1) is 16.9. The van der Waals surface area contributed by atoms with Gasteiger partial charge in [0.1, 0.15) is 0 Å². The van der Waals surface area contributed by atoms with Gasteiger partial charge in [0.15, 0.2) is 0 Å². The fourth-order valence-electron chi connectivity index (χ4n) is 1.66. The Balaban J connectivity index is 0.00000289. The van der Waals surface area contributed by atoms with Crippen molar-refractivity contribution in [2.24, 2.45) is 5.73 Å². The maximum Gasteiger partial charge on any atom is 0.253 e. The summed E-state index contributed by atoms with van der Waals surface area (Å²) in [6.07, 6.45) is 2.18. The topological polar surface area (TPSA) is 46.3 Å². The number of aryl methyl sites for hydroxylation is 1. The Bertz CT molecular complexity index is 365.